The molecule has 1 aliphatic rings. The van der Waals surface area contributed by atoms with E-state index < -0.39 is 0 Å². The highest BCUT2D eigenvalue weighted by Crippen LogP contribution is 2.48. The maximum absolute atomic E-state index is 5.60. The van der Waals surface area contributed by atoms with Crippen LogP contribution in [0, 0.1) is 0 Å². The predicted octanol–water partition coefficient (Wildman–Crippen LogP) is 6.42. The minimum absolute atomic E-state index is 0.0815. The monoisotopic (exact) mass is 394 g/mol. The van der Waals surface area contributed by atoms with E-state index in [1.54, 1.807) is 7.11 Å². The van der Waals surface area contributed by atoms with E-state index in [2.05, 4.69) is 99.2 Å². The Morgan fingerprint density at radius 1 is 0.833 bits per heavy atom. The van der Waals surface area contributed by atoms with E-state index in [1.807, 2.05) is 0 Å². The van der Waals surface area contributed by atoms with Crippen molar-refractivity contribution in [2.75, 3.05) is 7.11 Å². The summed E-state index contributed by atoms with van der Waals surface area (Å²) in [5.74, 6) is 0. The number of hydrogen-bond acceptors (Lipinski definition) is 1. The van der Waals surface area contributed by atoms with E-state index in [0.717, 1.165) is 0 Å². The second-order valence-electron chi connectivity index (χ2n) is 9.33. The fraction of sp³-hybridized carbons (Fsp3) is 0.250. The van der Waals surface area contributed by atoms with Crippen molar-refractivity contribution in [2.45, 2.75) is 32.8 Å². The van der Waals surface area contributed by atoms with Crippen LogP contribution in [0.2, 0.25) is 0 Å². The third kappa shape index (κ3) is 2.79. The first-order chi connectivity index (χ1) is 14.4. The first kappa shape index (κ1) is 19.0. The van der Waals surface area contributed by atoms with Gasteiger partial charge in [0.1, 0.15) is 7.05 Å². The van der Waals surface area contributed by atoms with Gasteiger partial charge in [-0.3, -0.25) is 0 Å². The molecule has 0 unspecified atom stereocenters. The van der Waals surface area contributed by atoms with Crippen LogP contribution in [0.3, 0.4) is 0 Å². The standard InChI is InChI=1S/C28H28NO/c1-28(2,3)20-15-18-13-14-29(4)27-25(18)24(16-20)22-11-7-6-10-21(22)23-12-8-9-19(17-30-5)26(23)27/h6-16H,17H2,1-5H3/q+1. The minimum atomic E-state index is 0.0815. The van der Waals surface area contributed by atoms with Crippen LogP contribution in [0.25, 0.3) is 44.3 Å². The lowest BCUT2D eigenvalue weighted by molar-refractivity contribution is -0.659. The number of rotatable bonds is 2. The van der Waals surface area contributed by atoms with E-state index in [9.17, 15) is 0 Å². The van der Waals surface area contributed by atoms with Crippen molar-refractivity contribution in [2.24, 2.45) is 7.05 Å². The molecule has 0 atom stereocenters. The molecule has 4 aromatic rings. The largest absolute Gasteiger partial charge is 0.380 e. The second kappa shape index (κ2) is 6.78. The molecule has 5 rings (SSSR count). The second-order valence-corrected chi connectivity index (χ2v) is 9.33. The van der Waals surface area contributed by atoms with Gasteiger partial charge in [-0.1, -0.05) is 69.3 Å². The Morgan fingerprint density at radius 3 is 2.23 bits per heavy atom. The van der Waals surface area contributed by atoms with Crippen LogP contribution >= 0.6 is 0 Å². The number of pyridine rings is 1. The van der Waals surface area contributed by atoms with Crippen molar-refractivity contribution in [3.05, 3.63) is 78.0 Å². The fourth-order valence-electron chi connectivity index (χ4n) is 4.78. The Balaban J connectivity index is 2.04. The third-order valence-electron chi connectivity index (χ3n) is 6.30. The van der Waals surface area contributed by atoms with Gasteiger partial charge in [0, 0.05) is 13.2 Å². The molecule has 0 saturated heterocycles. The molecule has 150 valence electrons. The predicted molar refractivity (Wildman–Crippen MR) is 124 cm³/mol. The number of aromatic nitrogens is 1. The lowest BCUT2D eigenvalue weighted by Gasteiger charge is -2.21. The van der Waals surface area contributed by atoms with Gasteiger partial charge in [-0.2, -0.15) is 0 Å². The molecule has 0 spiro atoms. The normalized spacial score (nSPS) is 12.4. The smallest absolute Gasteiger partial charge is 0.221 e. The van der Waals surface area contributed by atoms with Crippen LogP contribution in [-0.2, 0) is 23.8 Å². The summed E-state index contributed by atoms with van der Waals surface area (Å²) in [6.07, 6.45) is 2.19. The van der Waals surface area contributed by atoms with Gasteiger partial charge in [0.15, 0.2) is 6.20 Å². The van der Waals surface area contributed by atoms with E-state index in [0.29, 0.717) is 6.61 Å². The summed E-state index contributed by atoms with van der Waals surface area (Å²) in [7, 11) is 3.92. The molecule has 2 nitrogen and oxygen atoms in total. The Kier molecular flexibility index (Phi) is 4.30. The molecule has 2 heteroatoms. The summed E-state index contributed by atoms with van der Waals surface area (Å²) in [4.78, 5) is 0. The molecule has 0 amide bonds. The zero-order valence-electron chi connectivity index (χ0n) is 18.4. The summed E-state index contributed by atoms with van der Waals surface area (Å²) in [6.45, 7) is 7.47. The lowest BCUT2D eigenvalue weighted by atomic mass is 9.83. The van der Waals surface area contributed by atoms with Gasteiger partial charge >= 0.3 is 0 Å². The van der Waals surface area contributed by atoms with Crippen LogP contribution in [0.15, 0.2) is 66.9 Å². The van der Waals surface area contributed by atoms with Crippen LogP contribution in [0.5, 0.6) is 0 Å². The van der Waals surface area contributed by atoms with E-state index >= 15 is 0 Å². The summed E-state index contributed by atoms with van der Waals surface area (Å²) in [5.41, 5.74) is 10.4. The zero-order valence-corrected chi connectivity index (χ0v) is 18.4. The van der Waals surface area contributed by atoms with Crippen LogP contribution < -0.4 is 4.57 Å². The van der Waals surface area contributed by atoms with Crippen molar-refractivity contribution < 1.29 is 9.30 Å². The molecule has 0 saturated carbocycles. The van der Waals surface area contributed by atoms with Crippen molar-refractivity contribution in [3.8, 4) is 33.5 Å². The maximum Gasteiger partial charge on any atom is 0.221 e. The summed E-state index contributed by atoms with van der Waals surface area (Å²) in [6, 6.07) is 22.5. The van der Waals surface area contributed by atoms with E-state index in [4.69, 9.17) is 4.74 Å². The van der Waals surface area contributed by atoms with Crippen LogP contribution in [0.1, 0.15) is 31.9 Å². The quantitative estimate of drug-likeness (QED) is 0.315. The van der Waals surface area contributed by atoms with Gasteiger partial charge in [0.2, 0.25) is 5.69 Å². The zero-order chi connectivity index (χ0) is 21.0. The molecule has 0 N–H and O–H groups in total. The van der Waals surface area contributed by atoms with Crippen LogP contribution in [-0.4, -0.2) is 7.11 Å². The third-order valence-corrected chi connectivity index (χ3v) is 6.30. The molecule has 1 heterocycles. The molecule has 30 heavy (non-hydrogen) atoms. The number of benzene rings is 3. The number of aryl methyl sites for hydroxylation is 1. The summed E-state index contributed by atoms with van der Waals surface area (Å²) in [5, 5.41) is 2.61. The fourth-order valence-corrected chi connectivity index (χ4v) is 4.78. The molecule has 3 aromatic carbocycles. The highest BCUT2D eigenvalue weighted by Gasteiger charge is 2.30. The Morgan fingerprint density at radius 2 is 1.53 bits per heavy atom. The molecular formula is C28H28NO+. The molecular weight excluding hydrogens is 366 g/mol. The van der Waals surface area contributed by atoms with Gasteiger partial charge in [0.25, 0.3) is 0 Å². The Labute approximate surface area is 178 Å². The molecule has 0 fully saturated rings. The summed E-state index contributed by atoms with van der Waals surface area (Å²) >= 11 is 0. The van der Waals surface area contributed by atoms with Crippen molar-refractivity contribution in [1.29, 1.82) is 0 Å². The average molecular weight is 395 g/mol. The minimum Gasteiger partial charge on any atom is -0.380 e. The number of nitrogens with zero attached hydrogens (tertiary/aromatic N) is 1. The topological polar surface area (TPSA) is 13.1 Å². The first-order valence-electron chi connectivity index (χ1n) is 10.6. The first-order valence-corrected chi connectivity index (χ1v) is 10.6. The molecule has 1 aromatic heterocycles. The molecule has 0 aliphatic heterocycles. The van der Waals surface area contributed by atoms with Gasteiger partial charge in [-0.15, -0.1) is 0 Å². The van der Waals surface area contributed by atoms with Crippen molar-refractivity contribution >= 4 is 10.8 Å². The average Bonchev–Trinajstić information content (AvgIpc) is 2.85. The van der Waals surface area contributed by atoms with Gasteiger partial charge in [-0.05, 0) is 50.2 Å². The molecule has 1 aliphatic carbocycles. The highest BCUT2D eigenvalue weighted by atomic mass is 16.5. The number of hydrogen-bond donors (Lipinski definition) is 0. The number of ether oxygens (including phenoxy) is 1. The van der Waals surface area contributed by atoms with Gasteiger partial charge in [-0.25, -0.2) is 4.57 Å². The van der Waals surface area contributed by atoms with Crippen molar-refractivity contribution in [1.82, 2.24) is 0 Å². The number of fused-ring (bicyclic) bond motifs is 5. The highest BCUT2D eigenvalue weighted by molar-refractivity contribution is 6.12. The Bertz CT molecular complexity index is 1290. The number of methoxy groups -OCH3 is 1. The SMILES string of the molecule is COCc1cccc2c1-c1c3c(cc(C(C)(C)C)cc3cc[n+]1C)-c1ccccc1-2. The molecule has 0 bridgehead atoms. The van der Waals surface area contributed by atoms with Crippen LogP contribution in [0.4, 0.5) is 0 Å². The van der Waals surface area contributed by atoms with Gasteiger partial charge < -0.3 is 4.74 Å². The van der Waals surface area contributed by atoms with Gasteiger partial charge in [0.05, 0.1) is 17.6 Å². The van der Waals surface area contributed by atoms with Crippen molar-refractivity contribution in [3.63, 3.8) is 0 Å². The maximum atomic E-state index is 5.60. The Hall–Kier alpha value is -2.97. The summed E-state index contributed by atoms with van der Waals surface area (Å²) < 4.78 is 7.87. The molecule has 0 radical (unpaired) electrons. The lowest BCUT2D eigenvalue weighted by Crippen LogP contribution is -2.31. The van der Waals surface area contributed by atoms with E-state index in [1.165, 1.54) is 55.4 Å². The van der Waals surface area contributed by atoms with E-state index in [-0.39, 0.29) is 5.41 Å².